The largest absolute Gasteiger partial charge is 0.444 e. The smallest absolute Gasteiger partial charge is 0.410 e. The topological polar surface area (TPSA) is 62.7 Å². The molecule has 148 valence electrons. The molecule has 1 aliphatic rings. The van der Waals surface area contributed by atoms with E-state index in [1.54, 1.807) is 11.1 Å². The number of hydrogen-bond acceptors (Lipinski definition) is 4. The first-order valence-electron chi connectivity index (χ1n) is 9.53. The van der Waals surface area contributed by atoms with Gasteiger partial charge in [0.1, 0.15) is 5.60 Å². The van der Waals surface area contributed by atoms with Gasteiger partial charge in [0.2, 0.25) is 5.91 Å². The minimum absolute atomic E-state index is 0.0267. The van der Waals surface area contributed by atoms with E-state index >= 15 is 0 Å². The zero-order chi connectivity index (χ0) is 20.0. The summed E-state index contributed by atoms with van der Waals surface area (Å²) in [5.74, 6) is 0.0267. The monoisotopic (exact) mass is 373 g/mol. The van der Waals surface area contributed by atoms with E-state index in [2.05, 4.69) is 4.98 Å². The van der Waals surface area contributed by atoms with Crippen molar-refractivity contribution in [3.63, 3.8) is 0 Å². The van der Waals surface area contributed by atoms with E-state index in [1.165, 1.54) is 0 Å². The molecule has 0 aromatic carbocycles. The first-order valence-corrected chi connectivity index (χ1v) is 9.53. The SMILES string of the molecule is CC=C(C)C(=O)N(Cc1ccccn1)C1CCN(C(=O)OC(C)(C)C)CC1. The highest BCUT2D eigenvalue weighted by atomic mass is 16.6. The van der Waals surface area contributed by atoms with Crippen molar-refractivity contribution in [2.45, 2.75) is 65.6 Å². The van der Waals surface area contributed by atoms with Crippen LogP contribution in [0.5, 0.6) is 0 Å². The van der Waals surface area contributed by atoms with Crippen LogP contribution in [0.15, 0.2) is 36.0 Å². The second-order valence-corrected chi connectivity index (χ2v) is 7.92. The van der Waals surface area contributed by atoms with Gasteiger partial charge < -0.3 is 14.5 Å². The van der Waals surface area contributed by atoms with Crippen LogP contribution in [0, 0.1) is 0 Å². The highest BCUT2D eigenvalue weighted by Crippen LogP contribution is 2.22. The van der Waals surface area contributed by atoms with E-state index in [9.17, 15) is 9.59 Å². The van der Waals surface area contributed by atoms with Gasteiger partial charge in [0.15, 0.2) is 0 Å². The maximum atomic E-state index is 12.9. The van der Waals surface area contributed by atoms with Crippen molar-refractivity contribution in [1.29, 1.82) is 0 Å². The second kappa shape index (κ2) is 9.02. The zero-order valence-corrected chi connectivity index (χ0v) is 17.1. The number of aromatic nitrogens is 1. The summed E-state index contributed by atoms with van der Waals surface area (Å²) in [5.41, 5.74) is 1.09. The van der Waals surface area contributed by atoms with E-state index in [4.69, 9.17) is 4.74 Å². The zero-order valence-electron chi connectivity index (χ0n) is 17.1. The summed E-state index contributed by atoms with van der Waals surface area (Å²) in [7, 11) is 0. The van der Waals surface area contributed by atoms with Crippen LogP contribution in [0.25, 0.3) is 0 Å². The lowest BCUT2D eigenvalue weighted by molar-refractivity contribution is -0.131. The number of carbonyl (C=O) groups excluding carboxylic acids is 2. The first-order chi connectivity index (χ1) is 12.7. The Morgan fingerprint density at radius 1 is 1.30 bits per heavy atom. The second-order valence-electron chi connectivity index (χ2n) is 7.92. The lowest BCUT2D eigenvalue weighted by Gasteiger charge is -2.39. The summed E-state index contributed by atoms with van der Waals surface area (Å²) < 4.78 is 5.46. The molecule has 1 saturated heterocycles. The van der Waals surface area contributed by atoms with Gasteiger partial charge in [0.25, 0.3) is 0 Å². The average molecular weight is 373 g/mol. The van der Waals surface area contributed by atoms with Crippen molar-refractivity contribution in [3.8, 4) is 0 Å². The normalized spacial score (nSPS) is 16.2. The van der Waals surface area contributed by atoms with E-state index in [1.807, 2.05) is 63.8 Å². The Labute approximate surface area is 162 Å². The van der Waals surface area contributed by atoms with Crippen LogP contribution in [0.1, 0.15) is 53.2 Å². The Morgan fingerprint density at radius 3 is 2.48 bits per heavy atom. The number of ether oxygens (including phenoxy) is 1. The van der Waals surface area contributed by atoms with Crippen LogP contribution in [0.4, 0.5) is 4.79 Å². The molecule has 0 N–H and O–H groups in total. The van der Waals surface area contributed by atoms with Crippen molar-refractivity contribution in [2.24, 2.45) is 0 Å². The summed E-state index contributed by atoms with van der Waals surface area (Å²) in [6.45, 7) is 10.9. The minimum atomic E-state index is -0.502. The van der Waals surface area contributed by atoms with Gasteiger partial charge in [0.05, 0.1) is 12.2 Å². The van der Waals surface area contributed by atoms with Crippen LogP contribution in [0.3, 0.4) is 0 Å². The molecule has 2 heterocycles. The number of carbonyl (C=O) groups is 2. The summed E-state index contributed by atoms with van der Waals surface area (Å²) in [6.07, 6.45) is 4.76. The average Bonchev–Trinajstić information content (AvgIpc) is 2.64. The number of hydrogen-bond donors (Lipinski definition) is 0. The number of piperidine rings is 1. The van der Waals surface area contributed by atoms with E-state index < -0.39 is 5.60 Å². The molecule has 1 aromatic heterocycles. The Bertz CT molecular complexity index is 672. The fraction of sp³-hybridized carbons (Fsp3) is 0.571. The highest BCUT2D eigenvalue weighted by Gasteiger charge is 2.32. The van der Waals surface area contributed by atoms with Gasteiger partial charge in [0, 0.05) is 30.9 Å². The molecule has 1 fully saturated rings. The number of nitrogens with zero attached hydrogens (tertiary/aromatic N) is 3. The van der Waals surface area contributed by atoms with E-state index in [0.29, 0.717) is 19.6 Å². The molecule has 2 amide bonds. The van der Waals surface area contributed by atoms with Gasteiger partial charge in [-0.2, -0.15) is 0 Å². The Morgan fingerprint density at radius 2 is 1.96 bits per heavy atom. The Hall–Kier alpha value is -2.37. The third-order valence-electron chi connectivity index (χ3n) is 4.65. The van der Waals surface area contributed by atoms with Crippen LogP contribution in [-0.2, 0) is 16.1 Å². The molecule has 0 atom stereocenters. The van der Waals surface area contributed by atoms with Gasteiger partial charge in [-0.3, -0.25) is 9.78 Å². The van der Waals surface area contributed by atoms with Gasteiger partial charge in [-0.25, -0.2) is 4.79 Å². The van der Waals surface area contributed by atoms with Gasteiger partial charge in [-0.05, 0) is 59.6 Å². The number of amides is 2. The minimum Gasteiger partial charge on any atom is -0.444 e. The summed E-state index contributed by atoms with van der Waals surface area (Å²) >= 11 is 0. The number of likely N-dealkylation sites (tertiary alicyclic amines) is 1. The predicted molar refractivity (Wildman–Crippen MR) is 105 cm³/mol. The molecule has 1 aliphatic heterocycles. The maximum absolute atomic E-state index is 12.9. The third-order valence-corrected chi connectivity index (χ3v) is 4.65. The molecule has 0 radical (unpaired) electrons. The standard InChI is InChI=1S/C21H31N3O3/c1-6-16(2)19(25)24(15-17-9-7-8-12-22-17)18-10-13-23(14-11-18)20(26)27-21(3,4)5/h6-9,12,18H,10-11,13-15H2,1-5H3. The molecule has 1 aromatic rings. The first kappa shape index (κ1) is 20.9. The van der Waals surface area contributed by atoms with Crippen molar-refractivity contribution in [1.82, 2.24) is 14.8 Å². The lowest BCUT2D eigenvalue weighted by atomic mass is 10.0. The number of pyridine rings is 1. The molecule has 2 rings (SSSR count). The van der Waals surface area contributed by atoms with E-state index in [0.717, 1.165) is 24.1 Å². The van der Waals surface area contributed by atoms with Crippen molar-refractivity contribution >= 4 is 12.0 Å². The number of allylic oxidation sites excluding steroid dienone is 1. The molecule has 6 nitrogen and oxygen atoms in total. The summed E-state index contributed by atoms with van der Waals surface area (Å²) in [4.78, 5) is 33.2. The molecule has 0 spiro atoms. The van der Waals surface area contributed by atoms with Gasteiger partial charge >= 0.3 is 6.09 Å². The summed E-state index contributed by atoms with van der Waals surface area (Å²) in [6, 6.07) is 5.81. The molecule has 0 unspecified atom stereocenters. The molecule has 0 saturated carbocycles. The van der Waals surface area contributed by atoms with Crippen molar-refractivity contribution in [3.05, 3.63) is 41.7 Å². The van der Waals surface area contributed by atoms with Crippen molar-refractivity contribution in [2.75, 3.05) is 13.1 Å². The molecule has 27 heavy (non-hydrogen) atoms. The van der Waals surface area contributed by atoms with E-state index in [-0.39, 0.29) is 18.0 Å². The maximum Gasteiger partial charge on any atom is 0.410 e. The Balaban J connectivity index is 2.07. The van der Waals surface area contributed by atoms with Crippen LogP contribution in [0.2, 0.25) is 0 Å². The predicted octanol–water partition coefficient (Wildman–Crippen LogP) is 3.78. The fourth-order valence-electron chi connectivity index (χ4n) is 3.07. The number of rotatable bonds is 4. The lowest BCUT2D eigenvalue weighted by Crippen LogP contribution is -2.49. The summed E-state index contributed by atoms with van der Waals surface area (Å²) in [5, 5.41) is 0. The van der Waals surface area contributed by atoms with Gasteiger partial charge in [-0.1, -0.05) is 12.1 Å². The Kier molecular flexibility index (Phi) is 6.99. The third kappa shape index (κ3) is 6.08. The fourth-order valence-corrected chi connectivity index (χ4v) is 3.07. The molecule has 0 bridgehead atoms. The van der Waals surface area contributed by atoms with Crippen molar-refractivity contribution < 1.29 is 14.3 Å². The molecular weight excluding hydrogens is 342 g/mol. The van der Waals surface area contributed by atoms with Gasteiger partial charge in [-0.15, -0.1) is 0 Å². The molecule has 6 heteroatoms. The molecule has 0 aliphatic carbocycles. The molecular formula is C21H31N3O3. The van der Waals surface area contributed by atoms with Crippen LogP contribution < -0.4 is 0 Å². The highest BCUT2D eigenvalue weighted by molar-refractivity contribution is 5.93. The van der Waals surface area contributed by atoms with Crippen LogP contribution in [-0.4, -0.2) is 51.5 Å². The van der Waals surface area contributed by atoms with Crippen LogP contribution >= 0.6 is 0 Å². The quantitative estimate of drug-likeness (QED) is 0.754.